The van der Waals surface area contributed by atoms with Crippen molar-refractivity contribution < 1.29 is 23.0 Å². The van der Waals surface area contributed by atoms with E-state index in [9.17, 15) is 13.6 Å². The van der Waals surface area contributed by atoms with Crippen LogP contribution < -0.4 is 21.7 Å². The predicted molar refractivity (Wildman–Crippen MR) is 171 cm³/mol. The second-order valence-corrected chi connectivity index (χ2v) is 12.1. The highest BCUT2D eigenvalue weighted by Gasteiger charge is 2.40. The van der Waals surface area contributed by atoms with E-state index in [1.807, 2.05) is 0 Å². The molecule has 3 aromatic rings. The van der Waals surface area contributed by atoms with Crippen molar-refractivity contribution in [2.45, 2.75) is 11.1 Å². The topological polar surface area (TPSA) is 136 Å². The van der Waals surface area contributed by atoms with Crippen LogP contribution in [0.5, 0.6) is 0 Å². The Morgan fingerprint density at radius 3 is 2.02 bits per heavy atom. The van der Waals surface area contributed by atoms with Gasteiger partial charge in [-0.15, -0.1) is 0 Å². The molecule has 43 heavy (non-hydrogen) atoms. The van der Waals surface area contributed by atoms with Crippen molar-refractivity contribution in [2.75, 3.05) is 50.8 Å². The number of ether oxygens (including phenoxy) is 2. The quantitative estimate of drug-likeness (QED) is 0.208. The van der Waals surface area contributed by atoms with E-state index in [0.29, 0.717) is 32.5 Å². The summed E-state index contributed by atoms with van der Waals surface area (Å²) in [4.78, 5) is 25.1. The maximum absolute atomic E-state index is 13.9. The highest BCUT2D eigenvalue weighted by Crippen LogP contribution is 2.33. The third kappa shape index (κ3) is 7.90. The van der Waals surface area contributed by atoms with Crippen LogP contribution in [0, 0.1) is 0 Å². The number of rotatable bonds is 6. The second kappa shape index (κ2) is 14.4. The summed E-state index contributed by atoms with van der Waals surface area (Å²) in [6.07, 6.45) is 4.32. The lowest BCUT2D eigenvalue weighted by Crippen LogP contribution is -2.55. The van der Waals surface area contributed by atoms with E-state index >= 15 is 0 Å². The van der Waals surface area contributed by atoms with E-state index in [-0.39, 0.29) is 42.4 Å². The molecular formula is C26H24BrCl2F2N7O3S2. The number of halogens is 5. The Hall–Kier alpha value is -2.66. The van der Waals surface area contributed by atoms with E-state index < -0.39 is 30.3 Å². The van der Waals surface area contributed by atoms with Gasteiger partial charge in [-0.3, -0.25) is 4.79 Å². The lowest BCUT2D eigenvalue weighted by molar-refractivity contribution is 0.0631. The van der Waals surface area contributed by atoms with Crippen molar-refractivity contribution in [1.82, 2.24) is 25.6 Å². The fraction of sp³-hybridized carbons (Fsp3) is 0.308. The summed E-state index contributed by atoms with van der Waals surface area (Å²) in [6, 6.07) is 6.41. The number of carbonyl (C=O) groups excluding carboxylic acids is 1. The van der Waals surface area contributed by atoms with E-state index in [2.05, 4.69) is 46.8 Å². The zero-order chi connectivity index (χ0) is 31.2. The third-order valence-electron chi connectivity index (χ3n) is 6.33. The molecule has 0 saturated carbocycles. The number of carbonyl (C=O) groups is 1. The minimum atomic E-state index is -1.24. The average Bonchev–Trinajstić information content (AvgIpc) is 2.99. The van der Waals surface area contributed by atoms with Crippen LogP contribution in [0.25, 0.3) is 0 Å². The Morgan fingerprint density at radius 1 is 0.953 bits per heavy atom. The number of alkyl halides is 2. The molecule has 228 valence electrons. The molecule has 10 nitrogen and oxygen atoms in total. The van der Waals surface area contributed by atoms with Gasteiger partial charge in [0.15, 0.2) is 0 Å². The zero-order valence-electron chi connectivity index (χ0n) is 22.1. The molecule has 2 unspecified atom stereocenters. The number of pyridine rings is 3. The predicted octanol–water partition coefficient (Wildman–Crippen LogP) is 4.69. The van der Waals surface area contributed by atoms with Crippen molar-refractivity contribution in [3.8, 4) is 0 Å². The highest BCUT2D eigenvalue weighted by atomic mass is 79.9. The number of nitrogens with one attached hydrogen (secondary N) is 3. The zero-order valence-corrected chi connectivity index (χ0v) is 26.9. The molecule has 2 aliphatic rings. The number of anilines is 2. The normalized spacial score (nSPS) is 21.6. The SMILES string of the molecule is Nc1cnc(Cl)c(C2(CF)COCC(=S)N2)c1.O=C(Nc1cnc(Cl)c(C2(CF)COCC(=S)N2)c1)c1ccc(Br)cn1. The summed E-state index contributed by atoms with van der Waals surface area (Å²) in [6.45, 7) is -0.846. The average molecular weight is 735 g/mol. The van der Waals surface area contributed by atoms with Crippen LogP contribution in [-0.4, -0.2) is 70.6 Å². The van der Waals surface area contributed by atoms with Crippen molar-refractivity contribution in [2.24, 2.45) is 0 Å². The fourth-order valence-electron chi connectivity index (χ4n) is 4.25. The number of morpholine rings is 2. The van der Waals surface area contributed by atoms with E-state index in [0.717, 1.165) is 4.47 Å². The lowest BCUT2D eigenvalue weighted by atomic mass is 9.92. The van der Waals surface area contributed by atoms with Gasteiger partial charge in [0.2, 0.25) is 0 Å². The van der Waals surface area contributed by atoms with Gasteiger partial charge in [0.1, 0.15) is 50.4 Å². The number of nitrogen functional groups attached to an aromatic ring is 1. The van der Waals surface area contributed by atoms with Gasteiger partial charge in [-0.1, -0.05) is 47.6 Å². The van der Waals surface area contributed by atoms with E-state index in [4.69, 9.17) is 62.8 Å². The van der Waals surface area contributed by atoms with Gasteiger partial charge in [-0.2, -0.15) is 0 Å². The summed E-state index contributed by atoms with van der Waals surface area (Å²) in [7, 11) is 0. The van der Waals surface area contributed by atoms with Crippen molar-refractivity contribution in [3.05, 3.63) is 74.5 Å². The molecule has 5 rings (SSSR count). The van der Waals surface area contributed by atoms with Gasteiger partial charge in [-0.25, -0.2) is 23.7 Å². The smallest absolute Gasteiger partial charge is 0.274 e. The molecule has 2 atom stereocenters. The Morgan fingerprint density at radius 2 is 1.51 bits per heavy atom. The number of aromatic nitrogens is 3. The van der Waals surface area contributed by atoms with Crippen LogP contribution in [-0.2, 0) is 20.6 Å². The van der Waals surface area contributed by atoms with Crippen molar-refractivity contribution in [3.63, 3.8) is 0 Å². The van der Waals surface area contributed by atoms with Gasteiger partial charge in [-0.05, 0) is 40.2 Å². The minimum absolute atomic E-state index is 0.0384. The maximum Gasteiger partial charge on any atom is 0.274 e. The molecule has 17 heteroatoms. The summed E-state index contributed by atoms with van der Waals surface area (Å²) in [5, 5.41) is 8.81. The number of amides is 1. The summed E-state index contributed by atoms with van der Waals surface area (Å²) in [5.74, 6) is -0.426. The van der Waals surface area contributed by atoms with Gasteiger partial charge >= 0.3 is 0 Å². The Labute approximate surface area is 274 Å². The molecule has 0 radical (unpaired) electrons. The van der Waals surface area contributed by atoms with Crippen LogP contribution in [0.3, 0.4) is 0 Å². The Balaban J connectivity index is 0.000000215. The third-order valence-corrected chi connectivity index (χ3v) is 7.84. The Bertz CT molecular complexity index is 1530. The van der Waals surface area contributed by atoms with Crippen LogP contribution in [0.1, 0.15) is 21.6 Å². The molecular weight excluding hydrogens is 711 g/mol. The van der Waals surface area contributed by atoms with E-state index in [1.54, 1.807) is 24.3 Å². The van der Waals surface area contributed by atoms with Crippen molar-refractivity contribution in [1.29, 1.82) is 0 Å². The van der Waals surface area contributed by atoms with Crippen LogP contribution in [0.4, 0.5) is 20.2 Å². The first-order chi connectivity index (χ1) is 20.5. The van der Waals surface area contributed by atoms with Gasteiger partial charge in [0, 0.05) is 21.8 Å². The number of hydrogen-bond acceptors (Lipinski definition) is 9. The van der Waals surface area contributed by atoms with Crippen LogP contribution in [0.15, 0.2) is 47.3 Å². The molecule has 0 spiro atoms. The molecule has 0 aliphatic carbocycles. The summed E-state index contributed by atoms with van der Waals surface area (Å²) in [5.41, 5.74) is 5.11. The first-order valence-electron chi connectivity index (χ1n) is 12.4. The fourth-order valence-corrected chi connectivity index (χ4v) is 5.61. The standard InChI is InChI=1S/C16H13BrClFN4O2S.C10H11ClFN3OS/c17-9-1-2-12(20-4-9)15(24)22-10-3-11(14(18)21-5-10)16(7-19)8-25-6-13(26)23-16;11-9-7(1-6(13)2-14-9)10(4-12)5-16-3-8(17)15-10/h1-5H,6-8H2,(H,22,24)(H,23,26);1-2H,3-5,13H2,(H,15,17). The lowest BCUT2D eigenvalue weighted by Gasteiger charge is -2.37. The molecule has 2 aliphatic heterocycles. The first kappa shape index (κ1) is 33.2. The van der Waals surface area contributed by atoms with Gasteiger partial charge in [0.25, 0.3) is 5.91 Å². The molecule has 1 amide bonds. The minimum Gasteiger partial charge on any atom is -0.397 e. The van der Waals surface area contributed by atoms with Crippen molar-refractivity contribution >= 4 is 90.8 Å². The van der Waals surface area contributed by atoms with Crippen LogP contribution in [0.2, 0.25) is 10.3 Å². The Kier molecular flexibility index (Phi) is 11.1. The number of thiocarbonyl (C=S) groups is 2. The first-order valence-corrected chi connectivity index (χ1v) is 14.8. The number of nitrogens with two attached hydrogens (primary N) is 1. The van der Waals surface area contributed by atoms with Gasteiger partial charge in [0.05, 0.1) is 50.2 Å². The molecule has 5 heterocycles. The maximum atomic E-state index is 13.9. The molecule has 0 aromatic carbocycles. The summed E-state index contributed by atoms with van der Waals surface area (Å²) >= 11 is 25.5. The monoisotopic (exact) mass is 733 g/mol. The largest absolute Gasteiger partial charge is 0.397 e. The highest BCUT2D eigenvalue weighted by molar-refractivity contribution is 9.10. The van der Waals surface area contributed by atoms with E-state index in [1.165, 1.54) is 18.6 Å². The van der Waals surface area contributed by atoms with Gasteiger partial charge < -0.3 is 31.2 Å². The number of nitrogens with zero attached hydrogens (tertiary/aromatic N) is 3. The second-order valence-electron chi connectivity index (χ2n) is 9.50. The van der Waals surface area contributed by atoms with Crippen LogP contribution >= 0.6 is 63.6 Å². The molecule has 0 bridgehead atoms. The summed E-state index contributed by atoms with van der Waals surface area (Å²) < 4.78 is 38.6. The molecule has 2 fully saturated rings. The molecule has 2 saturated heterocycles. The molecule has 3 aromatic heterocycles. The molecule has 5 N–H and O–H groups in total. The number of hydrogen-bond donors (Lipinski definition) is 4.